The van der Waals surface area contributed by atoms with Crippen LogP contribution in [0.1, 0.15) is 79.5 Å². The SMILES string of the molecule is CC(C)N(c1cc(-c2ccc(NC(=O)c3cscn3)cc2)sc1C(=O)O)C(=O)[C@H]1CC[C@H](C)CC1.N=C(N)NCCC[C@H](N)C(=O)O. The molecule has 0 spiro atoms. The Morgan fingerprint density at radius 3 is 2.30 bits per heavy atom. The van der Waals surface area contributed by atoms with Crippen LogP contribution >= 0.6 is 22.7 Å². The van der Waals surface area contributed by atoms with Crippen LogP contribution in [0.15, 0.2) is 41.2 Å². The van der Waals surface area contributed by atoms with Crippen LogP contribution < -0.4 is 27.0 Å². The van der Waals surface area contributed by atoms with Crippen LogP contribution in [-0.4, -0.2) is 63.5 Å². The van der Waals surface area contributed by atoms with E-state index in [0.29, 0.717) is 42.4 Å². The number of rotatable bonds is 12. The zero-order chi connectivity index (χ0) is 34.7. The average Bonchev–Trinajstić information content (AvgIpc) is 3.72. The van der Waals surface area contributed by atoms with Gasteiger partial charge in [0.15, 0.2) is 5.96 Å². The Kier molecular flexibility index (Phi) is 13.9. The molecule has 1 fully saturated rings. The lowest BCUT2D eigenvalue weighted by molar-refractivity contribution is -0.138. The number of anilines is 2. The number of carbonyl (C=O) groups is 4. The van der Waals surface area contributed by atoms with E-state index in [1.807, 2.05) is 26.0 Å². The van der Waals surface area contributed by atoms with Crippen LogP contribution in [0, 0.1) is 17.2 Å². The molecule has 1 aromatic carbocycles. The number of hydrogen-bond acceptors (Lipinski definition) is 9. The monoisotopic (exact) mass is 685 g/mol. The van der Waals surface area contributed by atoms with E-state index < -0.39 is 18.0 Å². The molecule has 4 rings (SSSR count). The van der Waals surface area contributed by atoms with Gasteiger partial charge in [-0.1, -0.05) is 19.1 Å². The molecule has 2 amide bonds. The van der Waals surface area contributed by atoms with Crippen LogP contribution in [0.4, 0.5) is 11.4 Å². The zero-order valence-corrected chi connectivity index (χ0v) is 28.3. The van der Waals surface area contributed by atoms with Crippen molar-refractivity contribution in [2.75, 3.05) is 16.8 Å². The third kappa shape index (κ3) is 10.9. The zero-order valence-electron chi connectivity index (χ0n) is 26.7. The molecule has 0 saturated heterocycles. The maximum absolute atomic E-state index is 13.5. The standard InChI is InChI=1S/C26H29N3O4S2.C6H14N4O2/c1-15(2)29(25(31)18-6-4-16(3)5-7-18)21-12-22(35-23(21)26(32)33)17-8-10-19(11-9-17)28-24(30)20-13-34-14-27-20;7-4(5(11)12)2-1-3-10-6(8)9/h8-16,18H,4-7H2,1-3H3,(H,28,30)(H,32,33);4H,1-3,7H2,(H,11,12)(H4,8,9,10)/t16-,18-;4-/m.0/s1. The molecule has 15 heteroatoms. The molecule has 1 aliphatic rings. The van der Waals surface area contributed by atoms with E-state index in [4.69, 9.17) is 22.0 Å². The Labute approximate surface area is 281 Å². The number of aliphatic carboxylic acids is 1. The third-order valence-corrected chi connectivity index (χ3v) is 9.45. The molecule has 1 aliphatic carbocycles. The van der Waals surface area contributed by atoms with Gasteiger partial charge < -0.3 is 37.2 Å². The highest BCUT2D eigenvalue weighted by Gasteiger charge is 2.33. The Morgan fingerprint density at radius 2 is 1.77 bits per heavy atom. The number of hydrogen-bond donors (Lipinski definition) is 7. The number of carbonyl (C=O) groups excluding carboxylic acids is 2. The number of nitrogens with one attached hydrogen (secondary N) is 3. The fraction of sp³-hybridized carbons (Fsp3) is 0.438. The summed E-state index contributed by atoms with van der Waals surface area (Å²) in [6, 6.07) is 8.04. The van der Waals surface area contributed by atoms with Gasteiger partial charge in [-0.05, 0) is 82.1 Å². The smallest absolute Gasteiger partial charge is 0.348 e. The summed E-state index contributed by atoms with van der Waals surface area (Å²) in [5.41, 5.74) is 14.1. The van der Waals surface area contributed by atoms with Crippen molar-refractivity contribution in [1.29, 1.82) is 5.41 Å². The fourth-order valence-corrected chi connectivity index (χ4v) is 6.64. The summed E-state index contributed by atoms with van der Waals surface area (Å²) in [5, 5.41) is 32.1. The van der Waals surface area contributed by atoms with Gasteiger partial charge in [-0.25, -0.2) is 9.78 Å². The summed E-state index contributed by atoms with van der Waals surface area (Å²) in [6.07, 6.45) is 4.71. The lowest BCUT2D eigenvalue weighted by Crippen LogP contribution is -2.42. The number of thiazole rings is 1. The molecule has 47 heavy (non-hydrogen) atoms. The van der Waals surface area contributed by atoms with Gasteiger partial charge in [-0.3, -0.25) is 19.8 Å². The average molecular weight is 686 g/mol. The minimum Gasteiger partial charge on any atom is -0.480 e. The highest BCUT2D eigenvalue weighted by Crippen LogP contribution is 2.40. The van der Waals surface area contributed by atoms with Gasteiger partial charge in [-0.15, -0.1) is 22.7 Å². The second kappa shape index (κ2) is 17.5. The van der Waals surface area contributed by atoms with Crippen molar-refractivity contribution in [2.24, 2.45) is 23.3 Å². The van der Waals surface area contributed by atoms with E-state index >= 15 is 0 Å². The first kappa shape index (κ1) is 37.1. The van der Waals surface area contributed by atoms with Gasteiger partial charge in [0.05, 0.1) is 11.2 Å². The Bertz CT molecular complexity index is 1520. The number of aromatic nitrogens is 1. The molecular weight excluding hydrogens is 643 g/mol. The third-order valence-electron chi connectivity index (χ3n) is 7.70. The summed E-state index contributed by atoms with van der Waals surface area (Å²) >= 11 is 2.51. The molecule has 13 nitrogen and oxygen atoms in total. The van der Waals surface area contributed by atoms with Crippen molar-refractivity contribution >= 4 is 63.8 Å². The summed E-state index contributed by atoms with van der Waals surface area (Å²) in [4.78, 5) is 54.7. The summed E-state index contributed by atoms with van der Waals surface area (Å²) < 4.78 is 0. The Balaban J connectivity index is 0.000000426. The predicted octanol–water partition coefficient (Wildman–Crippen LogP) is 5.05. The summed E-state index contributed by atoms with van der Waals surface area (Å²) in [7, 11) is 0. The molecule has 254 valence electrons. The topological polar surface area (TPSA) is 225 Å². The Morgan fingerprint density at radius 1 is 1.11 bits per heavy atom. The van der Waals surface area contributed by atoms with E-state index in [2.05, 4.69) is 22.5 Å². The molecule has 2 heterocycles. The second-order valence-corrected chi connectivity index (χ2v) is 13.5. The normalized spacial score (nSPS) is 16.4. The summed E-state index contributed by atoms with van der Waals surface area (Å²) in [6.45, 7) is 6.54. The molecule has 9 N–H and O–H groups in total. The first-order valence-electron chi connectivity index (χ1n) is 15.3. The summed E-state index contributed by atoms with van der Waals surface area (Å²) in [5.74, 6) is -1.87. The molecule has 2 aromatic heterocycles. The largest absolute Gasteiger partial charge is 0.480 e. The number of aromatic carboxylic acids is 1. The van der Waals surface area contributed by atoms with Crippen molar-refractivity contribution in [1.82, 2.24) is 10.3 Å². The quantitative estimate of drug-likeness (QED) is 0.0763. The lowest BCUT2D eigenvalue weighted by Gasteiger charge is -2.33. The first-order valence-corrected chi connectivity index (χ1v) is 17.1. The first-order chi connectivity index (χ1) is 22.3. The molecule has 0 aliphatic heterocycles. The molecule has 3 aromatic rings. The number of carboxylic acid groups (broad SMARTS) is 2. The van der Waals surface area contributed by atoms with Crippen LogP contribution in [0.3, 0.4) is 0 Å². The Hall–Kier alpha value is -4.34. The number of nitrogens with two attached hydrogens (primary N) is 2. The number of nitrogens with zero attached hydrogens (tertiary/aromatic N) is 2. The number of thiophene rings is 1. The van der Waals surface area contributed by atoms with Crippen molar-refractivity contribution in [3.05, 3.63) is 51.8 Å². The van der Waals surface area contributed by atoms with Gasteiger partial charge in [-0.2, -0.15) is 0 Å². The van der Waals surface area contributed by atoms with Gasteiger partial charge >= 0.3 is 11.9 Å². The number of amides is 2. The number of guanidine groups is 1. The van der Waals surface area contributed by atoms with Gasteiger partial charge in [0.25, 0.3) is 5.91 Å². The molecular formula is C32H43N7O6S2. The predicted molar refractivity (Wildman–Crippen MR) is 185 cm³/mol. The van der Waals surface area contributed by atoms with Gasteiger partial charge in [0.1, 0.15) is 16.6 Å². The highest BCUT2D eigenvalue weighted by molar-refractivity contribution is 7.18. The molecule has 0 bridgehead atoms. The van der Waals surface area contributed by atoms with Gasteiger partial charge in [0, 0.05) is 34.4 Å². The van der Waals surface area contributed by atoms with Crippen LogP contribution in [0.5, 0.6) is 0 Å². The maximum atomic E-state index is 13.5. The van der Waals surface area contributed by atoms with Crippen molar-refractivity contribution in [3.8, 4) is 10.4 Å². The molecule has 0 radical (unpaired) electrons. The molecule has 1 atom stereocenters. The second-order valence-electron chi connectivity index (χ2n) is 11.7. The number of carboxylic acids is 2. The fourth-order valence-electron chi connectivity index (χ4n) is 5.12. The molecule has 0 unspecified atom stereocenters. The van der Waals surface area contributed by atoms with E-state index in [9.17, 15) is 24.3 Å². The number of benzene rings is 1. The van der Waals surface area contributed by atoms with Crippen molar-refractivity contribution < 1.29 is 29.4 Å². The van der Waals surface area contributed by atoms with E-state index in [1.165, 1.54) is 11.3 Å². The van der Waals surface area contributed by atoms with Gasteiger partial charge in [0.2, 0.25) is 5.91 Å². The molecule has 1 saturated carbocycles. The highest BCUT2D eigenvalue weighted by atomic mass is 32.1. The van der Waals surface area contributed by atoms with E-state index in [1.54, 1.807) is 34.0 Å². The van der Waals surface area contributed by atoms with E-state index in [0.717, 1.165) is 47.5 Å². The van der Waals surface area contributed by atoms with Crippen molar-refractivity contribution in [3.63, 3.8) is 0 Å². The van der Waals surface area contributed by atoms with E-state index in [-0.39, 0.29) is 34.6 Å². The van der Waals surface area contributed by atoms with Crippen molar-refractivity contribution in [2.45, 2.75) is 71.4 Å². The van der Waals surface area contributed by atoms with Crippen LogP contribution in [-0.2, 0) is 9.59 Å². The minimum atomic E-state index is -1.04. The minimum absolute atomic E-state index is 0.0128. The lowest BCUT2D eigenvalue weighted by atomic mass is 9.82. The van der Waals surface area contributed by atoms with Crippen LogP contribution in [0.25, 0.3) is 10.4 Å². The maximum Gasteiger partial charge on any atom is 0.348 e. The van der Waals surface area contributed by atoms with Crippen LogP contribution in [0.2, 0.25) is 0 Å².